The number of aryl methyl sites for hydroxylation is 1. The summed E-state index contributed by atoms with van der Waals surface area (Å²) in [6.45, 7) is 0.184. The molecule has 2 N–H and O–H groups in total. The van der Waals surface area contributed by atoms with Crippen molar-refractivity contribution >= 4 is 45.5 Å². The van der Waals surface area contributed by atoms with Crippen molar-refractivity contribution in [1.82, 2.24) is 0 Å². The second kappa shape index (κ2) is 7.02. The van der Waals surface area contributed by atoms with Gasteiger partial charge in [-0.2, -0.15) is 0 Å². The molecule has 1 heterocycles. The van der Waals surface area contributed by atoms with Crippen molar-refractivity contribution in [3.63, 3.8) is 0 Å². The first-order valence-electron chi connectivity index (χ1n) is 5.94. The maximum atomic E-state index is 12.0. The average Bonchev–Trinajstić information content (AvgIpc) is 2.83. The van der Waals surface area contributed by atoms with Crippen LogP contribution in [0.2, 0.25) is 0 Å². The van der Waals surface area contributed by atoms with E-state index in [0.29, 0.717) is 5.56 Å². The molecule has 0 aliphatic heterocycles. The van der Waals surface area contributed by atoms with Crippen molar-refractivity contribution in [2.75, 3.05) is 11.9 Å². The maximum absolute atomic E-state index is 12.0. The van der Waals surface area contributed by atoms with E-state index in [1.807, 2.05) is 35.7 Å². The molecule has 0 saturated carbocycles. The van der Waals surface area contributed by atoms with E-state index >= 15 is 0 Å². The van der Waals surface area contributed by atoms with Crippen LogP contribution in [0.4, 0.5) is 5.69 Å². The van der Waals surface area contributed by atoms with Gasteiger partial charge in [-0.1, -0.05) is 12.1 Å². The van der Waals surface area contributed by atoms with Gasteiger partial charge in [0, 0.05) is 17.7 Å². The molecule has 1 amide bonds. The molecule has 0 aliphatic carbocycles. The Morgan fingerprint density at radius 1 is 1.37 bits per heavy atom. The van der Waals surface area contributed by atoms with Gasteiger partial charge in [0.05, 0.1) is 8.45 Å². The van der Waals surface area contributed by atoms with Crippen LogP contribution in [0, 0.1) is 2.88 Å². The first-order chi connectivity index (χ1) is 9.19. The number of nitrogens with one attached hydrogen (secondary N) is 1. The molecule has 5 heteroatoms. The number of carbonyl (C=O) groups excluding carboxylic acids is 1. The molecule has 2 aromatic rings. The summed E-state index contributed by atoms with van der Waals surface area (Å²) >= 11 is 3.76. The van der Waals surface area contributed by atoms with Crippen LogP contribution in [-0.2, 0) is 6.42 Å². The zero-order chi connectivity index (χ0) is 13.7. The summed E-state index contributed by atoms with van der Waals surface area (Å²) in [6, 6.07) is 9.61. The summed E-state index contributed by atoms with van der Waals surface area (Å²) < 4.78 is 1.10. The van der Waals surface area contributed by atoms with E-state index in [-0.39, 0.29) is 12.5 Å². The Morgan fingerprint density at radius 3 is 2.89 bits per heavy atom. The van der Waals surface area contributed by atoms with Crippen LogP contribution in [0.3, 0.4) is 0 Å². The number of rotatable bonds is 5. The van der Waals surface area contributed by atoms with Gasteiger partial charge in [0.2, 0.25) is 0 Å². The number of hydrogen-bond acceptors (Lipinski definition) is 3. The van der Waals surface area contributed by atoms with E-state index in [2.05, 4.69) is 27.9 Å². The van der Waals surface area contributed by atoms with Crippen molar-refractivity contribution in [3.8, 4) is 0 Å². The smallest absolute Gasteiger partial charge is 0.256 e. The Kier molecular flexibility index (Phi) is 5.35. The third kappa shape index (κ3) is 4.29. The lowest BCUT2D eigenvalue weighted by Gasteiger charge is -2.06. The van der Waals surface area contributed by atoms with Crippen LogP contribution in [0.5, 0.6) is 0 Å². The fourth-order valence-corrected chi connectivity index (χ4v) is 3.05. The second-order valence-corrected chi connectivity index (χ2v) is 6.93. The van der Waals surface area contributed by atoms with Crippen LogP contribution >= 0.6 is 33.9 Å². The fraction of sp³-hybridized carbons (Fsp3) is 0.214. The van der Waals surface area contributed by atoms with E-state index in [0.717, 1.165) is 27.0 Å². The highest BCUT2D eigenvalue weighted by Gasteiger charge is 2.08. The Labute approximate surface area is 129 Å². The molecule has 1 aromatic heterocycles. The second-order valence-electron chi connectivity index (χ2n) is 4.12. The van der Waals surface area contributed by atoms with Gasteiger partial charge >= 0.3 is 0 Å². The average molecular weight is 387 g/mol. The zero-order valence-corrected chi connectivity index (χ0v) is 13.2. The van der Waals surface area contributed by atoms with Crippen LogP contribution in [0.1, 0.15) is 22.3 Å². The van der Waals surface area contributed by atoms with E-state index in [1.54, 1.807) is 11.3 Å². The lowest BCUT2D eigenvalue weighted by Crippen LogP contribution is -2.10. The highest BCUT2D eigenvalue weighted by molar-refractivity contribution is 14.1. The standard InChI is InChI=1S/C14H14INO2S/c15-13-8-11(9-19-13)14(18)16-12-5-1-3-10(7-12)4-2-6-17/h1,3,5,7-9,17H,2,4,6H2,(H,16,18). The minimum atomic E-state index is -0.0847. The summed E-state index contributed by atoms with van der Waals surface area (Å²) in [5.74, 6) is -0.0847. The lowest BCUT2D eigenvalue weighted by atomic mass is 10.1. The molecule has 100 valence electrons. The number of hydrogen-bond donors (Lipinski definition) is 2. The van der Waals surface area contributed by atoms with Gasteiger partial charge in [-0.25, -0.2) is 0 Å². The van der Waals surface area contributed by atoms with Gasteiger partial charge in [0.15, 0.2) is 0 Å². The monoisotopic (exact) mass is 387 g/mol. The Balaban J connectivity index is 2.04. The van der Waals surface area contributed by atoms with Crippen molar-refractivity contribution in [3.05, 3.63) is 49.7 Å². The first-order valence-corrected chi connectivity index (χ1v) is 7.90. The van der Waals surface area contributed by atoms with Crippen molar-refractivity contribution in [2.45, 2.75) is 12.8 Å². The summed E-state index contributed by atoms with van der Waals surface area (Å²) in [5, 5.41) is 13.6. The van der Waals surface area contributed by atoms with Crippen LogP contribution < -0.4 is 5.32 Å². The first kappa shape index (κ1) is 14.5. The van der Waals surface area contributed by atoms with Crippen molar-refractivity contribution in [1.29, 1.82) is 0 Å². The topological polar surface area (TPSA) is 49.3 Å². The molecule has 0 atom stereocenters. The zero-order valence-electron chi connectivity index (χ0n) is 10.2. The number of anilines is 1. The van der Waals surface area contributed by atoms with Crippen LogP contribution in [-0.4, -0.2) is 17.6 Å². The number of thiophene rings is 1. The number of carbonyl (C=O) groups is 1. The fourth-order valence-electron chi connectivity index (χ4n) is 1.72. The highest BCUT2D eigenvalue weighted by atomic mass is 127. The van der Waals surface area contributed by atoms with Gasteiger partial charge in [0.25, 0.3) is 5.91 Å². The van der Waals surface area contributed by atoms with Crippen molar-refractivity contribution in [2.24, 2.45) is 0 Å². The van der Waals surface area contributed by atoms with Crippen LogP contribution in [0.25, 0.3) is 0 Å². The number of aliphatic hydroxyl groups is 1. The van der Waals surface area contributed by atoms with Gasteiger partial charge < -0.3 is 10.4 Å². The summed E-state index contributed by atoms with van der Waals surface area (Å²) in [7, 11) is 0. The van der Waals surface area contributed by atoms with Gasteiger partial charge in [-0.3, -0.25) is 4.79 Å². The number of amides is 1. The quantitative estimate of drug-likeness (QED) is 0.772. The Morgan fingerprint density at radius 2 is 2.21 bits per heavy atom. The molecule has 0 fully saturated rings. The molecule has 19 heavy (non-hydrogen) atoms. The number of halogens is 1. The SMILES string of the molecule is O=C(Nc1cccc(CCCO)c1)c1csc(I)c1. The molecule has 0 radical (unpaired) electrons. The normalized spacial score (nSPS) is 10.4. The van der Waals surface area contributed by atoms with Gasteiger partial charge in [0.1, 0.15) is 0 Å². The summed E-state index contributed by atoms with van der Waals surface area (Å²) in [5.41, 5.74) is 2.60. The van der Waals surface area contributed by atoms with E-state index < -0.39 is 0 Å². The minimum absolute atomic E-state index is 0.0847. The van der Waals surface area contributed by atoms with E-state index in [1.165, 1.54) is 0 Å². The molecule has 1 aromatic carbocycles. The Hall–Kier alpha value is -0.920. The molecule has 3 nitrogen and oxygen atoms in total. The lowest BCUT2D eigenvalue weighted by molar-refractivity contribution is 0.102. The predicted molar refractivity (Wildman–Crippen MR) is 86.8 cm³/mol. The van der Waals surface area contributed by atoms with Gasteiger partial charge in [-0.15, -0.1) is 11.3 Å². The molecular formula is C14H14INO2S. The third-order valence-corrected chi connectivity index (χ3v) is 4.43. The molecule has 0 saturated heterocycles. The molecule has 0 spiro atoms. The number of benzene rings is 1. The summed E-state index contributed by atoms with van der Waals surface area (Å²) in [6.07, 6.45) is 1.55. The van der Waals surface area contributed by atoms with Crippen molar-refractivity contribution < 1.29 is 9.90 Å². The van der Waals surface area contributed by atoms with E-state index in [9.17, 15) is 4.79 Å². The predicted octanol–water partition coefficient (Wildman–Crippen LogP) is 3.53. The summed E-state index contributed by atoms with van der Waals surface area (Å²) in [4.78, 5) is 12.0. The molecule has 0 unspecified atom stereocenters. The van der Waals surface area contributed by atoms with E-state index in [4.69, 9.17) is 5.11 Å². The largest absolute Gasteiger partial charge is 0.396 e. The van der Waals surface area contributed by atoms with Crippen LogP contribution in [0.15, 0.2) is 35.7 Å². The number of aliphatic hydroxyl groups excluding tert-OH is 1. The molecular weight excluding hydrogens is 373 g/mol. The molecule has 0 bridgehead atoms. The van der Waals surface area contributed by atoms with Gasteiger partial charge in [-0.05, 0) is 59.2 Å². The third-order valence-electron chi connectivity index (χ3n) is 2.64. The maximum Gasteiger partial charge on any atom is 0.256 e. The minimum Gasteiger partial charge on any atom is -0.396 e. The molecule has 0 aliphatic rings. The molecule has 2 rings (SSSR count). The highest BCUT2D eigenvalue weighted by Crippen LogP contribution is 2.18. The Bertz CT molecular complexity index is 568.